The summed E-state index contributed by atoms with van der Waals surface area (Å²) in [7, 11) is 0. The van der Waals surface area contributed by atoms with Gasteiger partial charge in [0.25, 0.3) is 5.91 Å². The maximum Gasteiger partial charge on any atom is 0.254 e. The molecule has 2 saturated heterocycles. The summed E-state index contributed by atoms with van der Waals surface area (Å²) in [6.07, 6.45) is 4.12. The molecule has 2 aliphatic heterocycles. The first kappa shape index (κ1) is 17.9. The Morgan fingerprint density at radius 2 is 1.85 bits per heavy atom. The first-order valence-corrected chi connectivity index (χ1v) is 9.57. The predicted molar refractivity (Wildman–Crippen MR) is 103 cm³/mol. The molecule has 2 fully saturated rings. The smallest absolute Gasteiger partial charge is 0.254 e. The molecule has 4 rings (SSSR count). The molecule has 1 aromatic heterocycles. The lowest BCUT2D eigenvalue weighted by atomic mass is 10.0. The van der Waals surface area contributed by atoms with Crippen LogP contribution in [0.1, 0.15) is 35.7 Å². The number of rotatable bonds is 4. The van der Waals surface area contributed by atoms with E-state index < -0.39 is 5.79 Å². The van der Waals surface area contributed by atoms with E-state index in [0.29, 0.717) is 37.7 Å². The van der Waals surface area contributed by atoms with Crippen LogP contribution in [0.3, 0.4) is 0 Å². The standard InChI is InChI=1S/C21H25N3O3/c1-2-16-3-5-18(6-4-16)23-19-15-17(7-10-22-19)20(25)24-11-8-21(9-12-24)26-13-14-27-21/h3-7,10,15H,2,8-9,11-14H2,1H3,(H,22,23). The molecule has 0 saturated carbocycles. The number of hydrogen-bond donors (Lipinski definition) is 1. The lowest BCUT2D eigenvalue weighted by Crippen LogP contribution is -2.47. The molecule has 142 valence electrons. The van der Waals surface area contributed by atoms with Gasteiger partial charge >= 0.3 is 0 Å². The summed E-state index contributed by atoms with van der Waals surface area (Å²) < 4.78 is 11.5. The first-order valence-electron chi connectivity index (χ1n) is 9.57. The summed E-state index contributed by atoms with van der Waals surface area (Å²) >= 11 is 0. The van der Waals surface area contributed by atoms with Gasteiger partial charge in [-0.2, -0.15) is 0 Å². The largest absolute Gasteiger partial charge is 0.347 e. The van der Waals surface area contributed by atoms with Crippen molar-refractivity contribution in [3.8, 4) is 0 Å². The van der Waals surface area contributed by atoms with Crippen LogP contribution in [0.5, 0.6) is 0 Å². The lowest BCUT2D eigenvalue weighted by molar-refractivity contribution is -0.181. The van der Waals surface area contributed by atoms with Crippen LogP contribution in [0.4, 0.5) is 11.5 Å². The molecule has 1 N–H and O–H groups in total. The maximum atomic E-state index is 12.9. The number of piperidine rings is 1. The number of ether oxygens (including phenoxy) is 2. The second-order valence-corrected chi connectivity index (χ2v) is 7.01. The highest BCUT2D eigenvalue weighted by molar-refractivity contribution is 5.95. The highest BCUT2D eigenvalue weighted by Crippen LogP contribution is 2.31. The number of aromatic nitrogens is 1. The van der Waals surface area contributed by atoms with Crippen LogP contribution in [0, 0.1) is 0 Å². The third kappa shape index (κ3) is 3.96. The van der Waals surface area contributed by atoms with Crippen LogP contribution in [-0.2, 0) is 15.9 Å². The number of nitrogens with zero attached hydrogens (tertiary/aromatic N) is 2. The van der Waals surface area contributed by atoms with Gasteiger partial charge in [0, 0.05) is 43.4 Å². The van der Waals surface area contributed by atoms with Crippen molar-refractivity contribution in [2.45, 2.75) is 32.0 Å². The molecule has 1 amide bonds. The van der Waals surface area contributed by atoms with E-state index in [1.54, 1.807) is 12.3 Å². The topological polar surface area (TPSA) is 63.7 Å². The van der Waals surface area contributed by atoms with E-state index in [-0.39, 0.29) is 5.91 Å². The van der Waals surface area contributed by atoms with Crippen molar-refractivity contribution in [2.75, 3.05) is 31.6 Å². The minimum absolute atomic E-state index is 0.0228. The number of carbonyl (C=O) groups is 1. The summed E-state index contributed by atoms with van der Waals surface area (Å²) in [6, 6.07) is 11.8. The number of aryl methyl sites for hydroxylation is 1. The second kappa shape index (κ2) is 7.66. The van der Waals surface area contributed by atoms with Crippen LogP contribution in [0.25, 0.3) is 0 Å². The minimum atomic E-state index is -0.466. The molecular formula is C21H25N3O3. The maximum absolute atomic E-state index is 12.9. The zero-order valence-corrected chi connectivity index (χ0v) is 15.6. The summed E-state index contributed by atoms with van der Waals surface area (Å²) in [6.45, 7) is 4.70. The second-order valence-electron chi connectivity index (χ2n) is 7.01. The Morgan fingerprint density at radius 3 is 2.52 bits per heavy atom. The van der Waals surface area contributed by atoms with Gasteiger partial charge in [-0.25, -0.2) is 4.98 Å². The van der Waals surface area contributed by atoms with Gasteiger partial charge < -0.3 is 19.7 Å². The van der Waals surface area contributed by atoms with E-state index in [2.05, 4.69) is 29.4 Å². The average Bonchev–Trinajstić information content (AvgIpc) is 3.17. The van der Waals surface area contributed by atoms with Crippen molar-refractivity contribution in [2.24, 2.45) is 0 Å². The van der Waals surface area contributed by atoms with E-state index in [1.165, 1.54) is 5.56 Å². The molecule has 6 nitrogen and oxygen atoms in total. The highest BCUT2D eigenvalue weighted by atomic mass is 16.7. The number of amides is 1. The molecule has 0 radical (unpaired) electrons. The van der Waals surface area contributed by atoms with Crippen molar-refractivity contribution in [3.05, 3.63) is 53.7 Å². The number of benzene rings is 1. The number of anilines is 2. The zero-order valence-electron chi connectivity index (χ0n) is 15.6. The van der Waals surface area contributed by atoms with Crippen molar-refractivity contribution >= 4 is 17.4 Å². The highest BCUT2D eigenvalue weighted by Gasteiger charge is 2.40. The van der Waals surface area contributed by atoms with Crippen LogP contribution in [0.15, 0.2) is 42.6 Å². The molecular weight excluding hydrogens is 342 g/mol. The van der Waals surface area contributed by atoms with Crippen LogP contribution >= 0.6 is 0 Å². The predicted octanol–water partition coefficient (Wildman–Crippen LogP) is 3.37. The fraction of sp³-hybridized carbons (Fsp3) is 0.429. The fourth-order valence-corrected chi connectivity index (χ4v) is 3.62. The summed E-state index contributed by atoms with van der Waals surface area (Å²) in [5.74, 6) is 0.225. The van der Waals surface area contributed by atoms with E-state index in [0.717, 1.165) is 24.9 Å². The monoisotopic (exact) mass is 367 g/mol. The van der Waals surface area contributed by atoms with Gasteiger partial charge in [-0.3, -0.25) is 4.79 Å². The zero-order chi connectivity index (χ0) is 18.7. The molecule has 0 unspecified atom stereocenters. The molecule has 0 atom stereocenters. The van der Waals surface area contributed by atoms with Crippen molar-refractivity contribution in [1.82, 2.24) is 9.88 Å². The Balaban J connectivity index is 1.41. The molecule has 3 heterocycles. The van der Waals surface area contributed by atoms with Gasteiger partial charge in [0.2, 0.25) is 0 Å². The van der Waals surface area contributed by atoms with Gasteiger partial charge in [0.1, 0.15) is 5.82 Å². The van der Waals surface area contributed by atoms with E-state index in [4.69, 9.17) is 9.47 Å². The van der Waals surface area contributed by atoms with Crippen LogP contribution < -0.4 is 5.32 Å². The number of likely N-dealkylation sites (tertiary alicyclic amines) is 1. The molecule has 1 aromatic carbocycles. The Hall–Kier alpha value is -2.44. The van der Waals surface area contributed by atoms with Gasteiger partial charge in [-0.05, 0) is 36.2 Å². The summed E-state index contributed by atoms with van der Waals surface area (Å²) in [5.41, 5.74) is 2.89. The number of pyridine rings is 1. The normalized spacial score (nSPS) is 18.6. The number of nitrogens with one attached hydrogen (secondary N) is 1. The Bertz CT molecular complexity index is 791. The Kier molecular flexibility index (Phi) is 5.09. The van der Waals surface area contributed by atoms with E-state index >= 15 is 0 Å². The van der Waals surface area contributed by atoms with Gasteiger partial charge in [-0.1, -0.05) is 19.1 Å². The molecule has 2 aliphatic rings. The van der Waals surface area contributed by atoms with E-state index in [9.17, 15) is 4.79 Å². The quantitative estimate of drug-likeness (QED) is 0.898. The SMILES string of the molecule is CCc1ccc(Nc2cc(C(=O)N3CCC4(CC3)OCCO4)ccn2)cc1. The lowest BCUT2D eigenvalue weighted by Gasteiger charge is -2.37. The molecule has 0 aliphatic carbocycles. The molecule has 6 heteroatoms. The summed E-state index contributed by atoms with van der Waals surface area (Å²) in [5, 5.41) is 3.27. The fourth-order valence-electron chi connectivity index (χ4n) is 3.62. The molecule has 1 spiro atoms. The number of hydrogen-bond acceptors (Lipinski definition) is 5. The van der Waals surface area contributed by atoms with Gasteiger partial charge in [0.05, 0.1) is 13.2 Å². The minimum Gasteiger partial charge on any atom is -0.347 e. The van der Waals surface area contributed by atoms with Crippen LogP contribution in [0.2, 0.25) is 0 Å². The van der Waals surface area contributed by atoms with Crippen molar-refractivity contribution in [3.63, 3.8) is 0 Å². The van der Waals surface area contributed by atoms with Crippen molar-refractivity contribution < 1.29 is 14.3 Å². The van der Waals surface area contributed by atoms with Crippen molar-refractivity contribution in [1.29, 1.82) is 0 Å². The van der Waals surface area contributed by atoms with Crippen LogP contribution in [-0.4, -0.2) is 47.9 Å². The van der Waals surface area contributed by atoms with Gasteiger partial charge in [0.15, 0.2) is 5.79 Å². The summed E-state index contributed by atoms with van der Waals surface area (Å²) in [4.78, 5) is 19.1. The van der Waals surface area contributed by atoms with Gasteiger partial charge in [-0.15, -0.1) is 0 Å². The first-order chi connectivity index (χ1) is 13.2. The molecule has 2 aromatic rings. The average molecular weight is 367 g/mol. The third-order valence-corrected chi connectivity index (χ3v) is 5.27. The van der Waals surface area contributed by atoms with E-state index in [1.807, 2.05) is 23.1 Å². The number of carbonyl (C=O) groups excluding carboxylic acids is 1. The molecule has 0 bridgehead atoms. The Morgan fingerprint density at radius 1 is 1.15 bits per heavy atom. The third-order valence-electron chi connectivity index (χ3n) is 5.27. The Labute approximate surface area is 159 Å². The molecule has 27 heavy (non-hydrogen) atoms.